The van der Waals surface area contributed by atoms with Gasteiger partial charge in [-0.1, -0.05) is 73.7 Å². The van der Waals surface area contributed by atoms with Crippen LogP contribution in [0.2, 0.25) is 0 Å². The summed E-state index contributed by atoms with van der Waals surface area (Å²) in [5.74, 6) is 0. The zero-order valence-electron chi connectivity index (χ0n) is 10.6. The average molecular weight is 232 g/mol. The average Bonchev–Trinajstić information content (AvgIpc) is 2.47. The molecule has 0 saturated carbocycles. The zero-order chi connectivity index (χ0) is 12.4. The van der Waals surface area contributed by atoms with E-state index < -0.39 is 0 Å². The molecule has 88 valence electrons. The molecule has 0 aliphatic heterocycles. The van der Waals surface area contributed by atoms with E-state index in [0.717, 1.165) is 6.42 Å². The highest BCUT2D eigenvalue weighted by Gasteiger charge is 2.03. The van der Waals surface area contributed by atoms with Gasteiger partial charge in [-0.3, -0.25) is 0 Å². The Morgan fingerprint density at radius 3 is 2.44 bits per heavy atom. The van der Waals surface area contributed by atoms with Crippen LogP contribution in [0.3, 0.4) is 0 Å². The van der Waals surface area contributed by atoms with Crippen LogP contribution < -0.4 is 0 Å². The molecule has 0 heterocycles. The highest BCUT2D eigenvalue weighted by atomic mass is 14.1. The van der Waals surface area contributed by atoms with E-state index in [9.17, 15) is 0 Å². The standard InChI is InChI=1S/C18H16/c1-2-14-7-5-10-16(13-14)18-12-6-9-15-8-3-4-11-17(15)18/h3-13H,2H2,1H3. The third-order valence-electron chi connectivity index (χ3n) is 3.44. The summed E-state index contributed by atoms with van der Waals surface area (Å²) in [4.78, 5) is 0. The van der Waals surface area contributed by atoms with Gasteiger partial charge in [-0.15, -0.1) is 0 Å². The Morgan fingerprint density at radius 1 is 0.778 bits per heavy atom. The normalized spacial score (nSPS) is 10.7. The molecule has 0 N–H and O–H groups in total. The van der Waals surface area contributed by atoms with Gasteiger partial charge in [-0.05, 0) is 33.9 Å². The number of hydrogen-bond acceptors (Lipinski definition) is 0. The van der Waals surface area contributed by atoms with Crippen molar-refractivity contribution in [1.29, 1.82) is 0 Å². The van der Waals surface area contributed by atoms with E-state index in [4.69, 9.17) is 0 Å². The van der Waals surface area contributed by atoms with Crippen molar-refractivity contribution in [2.45, 2.75) is 13.3 Å². The van der Waals surface area contributed by atoms with Gasteiger partial charge < -0.3 is 0 Å². The highest BCUT2D eigenvalue weighted by Crippen LogP contribution is 2.28. The third kappa shape index (κ3) is 1.91. The Bertz CT molecular complexity index is 675. The molecule has 0 heteroatoms. The summed E-state index contributed by atoms with van der Waals surface area (Å²) in [5.41, 5.74) is 4.02. The summed E-state index contributed by atoms with van der Waals surface area (Å²) in [6.07, 6.45) is 1.08. The molecule has 0 spiro atoms. The van der Waals surface area contributed by atoms with Crippen molar-refractivity contribution in [2.75, 3.05) is 0 Å². The predicted molar refractivity (Wildman–Crippen MR) is 78.8 cm³/mol. The minimum absolute atomic E-state index is 1.08. The largest absolute Gasteiger partial charge is 0.0616 e. The summed E-state index contributed by atoms with van der Waals surface area (Å²) in [6.45, 7) is 2.20. The summed E-state index contributed by atoms with van der Waals surface area (Å²) >= 11 is 0. The first-order chi connectivity index (χ1) is 8.88. The van der Waals surface area contributed by atoms with Gasteiger partial charge in [0, 0.05) is 0 Å². The van der Waals surface area contributed by atoms with Gasteiger partial charge in [0.2, 0.25) is 0 Å². The monoisotopic (exact) mass is 232 g/mol. The Balaban J connectivity index is 2.24. The molecule has 18 heavy (non-hydrogen) atoms. The van der Waals surface area contributed by atoms with Crippen LogP contribution in [0.4, 0.5) is 0 Å². The Morgan fingerprint density at radius 2 is 1.56 bits per heavy atom. The first-order valence-corrected chi connectivity index (χ1v) is 6.45. The Hall–Kier alpha value is -2.08. The number of hydrogen-bond donors (Lipinski definition) is 0. The molecule has 0 unspecified atom stereocenters. The maximum absolute atomic E-state index is 2.29. The van der Waals surface area contributed by atoms with Gasteiger partial charge in [0.25, 0.3) is 0 Å². The second-order valence-corrected chi connectivity index (χ2v) is 4.58. The van der Waals surface area contributed by atoms with Crippen molar-refractivity contribution >= 4 is 10.8 Å². The van der Waals surface area contributed by atoms with Crippen LogP contribution >= 0.6 is 0 Å². The Kier molecular flexibility index (Phi) is 2.85. The van der Waals surface area contributed by atoms with Crippen molar-refractivity contribution in [2.24, 2.45) is 0 Å². The lowest BCUT2D eigenvalue weighted by Gasteiger charge is -2.08. The van der Waals surface area contributed by atoms with Crippen molar-refractivity contribution < 1.29 is 0 Å². The number of benzene rings is 3. The lowest BCUT2D eigenvalue weighted by atomic mass is 9.97. The molecule has 0 aliphatic carbocycles. The maximum atomic E-state index is 2.29. The number of rotatable bonds is 2. The first-order valence-electron chi connectivity index (χ1n) is 6.45. The first kappa shape index (κ1) is 11.0. The number of aryl methyl sites for hydroxylation is 1. The van der Waals surface area contributed by atoms with Gasteiger partial charge in [0.15, 0.2) is 0 Å². The molecule has 0 saturated heterocycles. The lowest BCUT2D eigenvalue weighted by Crippen LogP contribution is -1.84. The fraction of sp³-hybridized carbons (Fsp3) is 0.111. The third-order valence-corrected chi connectivity index (χ3v) is 3.44. The van der Waals surface area contributed by atoms with Crippen LogP contribution in [-0.2, 0) is 6.42 Å². The molecule has 0 fully saturated rings. The molecule has 0 atom stereocenters. The quantitative estimate of drug-likeness (QED) is 0.578. The molecule has 0 nitrogen and oxygen atoms in total. The number of fused-ring (bicyclic) bond motifs is 1. The van der Waals surface area contributed by atoms with Crippen molar-refractivity contribution in [3.05, 3.63) is 72.3 Å². The van der Waals surface area contributed by atoms with Crippen LogP contribution in [-0.4, -0.2) is 0 Å². The zero-order valence-corrected chi connectivity index (χ0v) is 10.6. The fourth-order valence-corrected chi connectivity index (χ4v) is 2.44. The van der Waals surface area contributed by atoms with Crippen LogP contribution in [0, 0.1) is 0 Å². The lowest BCUT2D eigenvalue weighted by molar-refractivity contribution is 1.14. The highest BCUT2D eigenvalue weighted by molar-refractivity contribution is 5.96. The van der Waals surface area contributed by atoms with Gasteiger partial charge in [-0.25, -0.2) is 0 Å². The predicted octanol–water partition coefficient (Wildman–Crippen LogP) is 5.07. The van der Waals surface area contributed by atoms with Gasteiger partial charge in [0.05, 0.1) is 0 Å². The molecular weight excluding hydrogens is 216 g/mol. The van der Waals surface area contributed by atoms with Crippen LogP contribution in [0.25, 0.3) is 21.9 Å². The van der Waals surface area contributed by atoms with E-state index in [1.165, 1.54) is 27.5 Å². The SMILES string of the molecule is CCc1cccc(-c2cccc3ccccc23)c1. The molecule has 0 aromatic heterocycles. The van der Waals surface area contributed by atoms with Gasteiger partial charge in [0.1, 0.15) is 0 Å². The minimum atomic E-state index is 1.08. The second-order valence-electron chi connectivity index (χ2n) is 4.58. The van der Waals surface area contributed by atoms with E-state index in [1.807, 2.05) is 0 Å². The van der Waals surface area contributed by atoms with Crippen LogP contribution in [0.5, 0.6) is 0 Å². The van der Waals surface area contributed by atoms with Crippen molar-refractivity contribution in [3.63, 3.8) is 0 Å². The summed E-state index contributed by atoms with van der Waals surface area (Å²) in [7, 11) is 0. The van der Waals surface area contributed by atoms with E-state index in [0.29, 0.717) is 0 Å². The minimum Gasteiger partial charge on any atom is -0.0616 e. The van der Waals surface area contributed by atoms with E-state index in [2.05, 4.69) is 73.7 Å². The van der Waals surface area contributed by atoms with E-state index in [1.54, 1.807) is 0 Å². The van der Waals surface area contributed by atoms with Crippen molar-refractivity contribution in [1.82, 2.24) is 0 Å². The molecule has 0 amide bonds. The maximum Gasteiger partial charge on any atom is -0.0105 e. The summed E-state index contributed by atoms with van der Waals surface area (Å²) in [6, 6.07) is 23.9. The molecule has 3 aromatic carbocycles. The molecule has 3 aromatic rings. The summed E-state index contributed by atoms with van der Waals surface area (Å²) < 4.78 is 0. The molecule has 3 rings (SSSR count). The molecule has 0 radical (unpaired) electrons. The van der Waals surface area contributed by atoms with E-state index in [-0.39, 0.29) is 0 Å². The summed E-state index contributed by atoms with van der Waals surface area (Å²) in [5, 5.41) is 2.63. The fourth-order valence-electron chi connectivity index (χ4n) is 2.44. The topological polar surface area (TPSA) is 0 Å². The van der Waals surface area contributed by atoms with Crippen LogP contribution in [0.1, 0.15) is 12.5 Å². The Labute approximate surface area is 108 Å². The van der Waals surface area contributed by atoms with Crippen molar-refractivity contribution in [3.8, 4) is 11.1 Å². The second kappa shape index (κ2) is 4.66. The molecular formula is C18H16. The van der Waals surface area contributed by atoms with Gasteiger partial charge >= 0.3 is 0 Å². The van der Waals surface area contributed by atoms with Gasteiger partial charge in [-0.2, -0.15) is 0 Å². The molecule has 0 aliphatic rings. The smallest absolute Gasteiger partial charge is 0.0105 e. The molecule has 0 bridgehead atoms. The van der Waals surface area contributed by atoms with Crippen LogP contribution in [0.15, 0.2) is 66.7 Å². The van der Waals surface area contributed by atoms with E-state index >= 15 is 0 Å².